The SMILES string of the molecule is C[C@]12CC(O)C(O)CC1C(=O)C=C1[C@@H]2CC[C@]2(C)C(=O)CC[C@@]12O. The molecule has 3 saturated carbocycles. The number of allylic oxidation sites excluding steroid dienone is 1. The van der Waals surface area contributed by atoms with Crippen LogP contribution in [0.25, 0.3) is 0 Å². The second-order valence-corrected chi connectivity index (χ2v) is 8.84. The predicted molar refractivity (Wildman–Crippen MR) is 86.0 cm³/mol. The summed E-state index contributed by atoms with van der Waals surface area (Å²) in [5.74, 6) is -0.337. The fourth-order valence-electron chi connectivity index (χ4n) is 6.14. The quantitative estimate of drug-likeness (QED) is 0.618. The second kappa shape index (κ2) is 4.77. The van der Waals surface area contributed by atoms with Crippen LogP contribution < -0.4 is 0 Å². The topological polar surface area (TPSA) is 94.8 Å². The minimum atomic E-state index is -1.24. The molecule has 7 atom stereocenters. The van der Waals surface area contributed by atoms with E-state index in [9.17, 15) is 24.9 Å². The van der Waals surface area contributed by atoms with E-state index in [1.165, 1.54) is 0 Å². The van der Waals surface area contributed by atoms with Crippen LogP contribution in [0.1, 0.15) is 52.4 Å². The molecule has 132 valence electrons. The van der Waals surface area contributed by atoms with Crippen LogP contribution in [0, 0.1) is 22.7 Å². The van der Waals surface area contributed by atoms with Gasteiger partial charge >= 0.3 is 0 Å². The van der Waals surface area contributed by atoms with Gasteiger partial charge in [0, 0.05) is 12.3 Å². The van der Waals surface area contributed by atoms with Crippen molar-refractivity contribution in [1.82, 2.24) is 0 Å². The van der Waals surface area contributed by atoms with Gasteiger partial charge in [-0.25, -0.2) is 0 Å². The van der Waals surface area contributed by atoms with Crippen molar-refractivity contribution in [1.29, 1.82) is 0 Å². The van der Waals surface area contributed by atoms with Crippen LogP contribution in [-0.4, -0.2) is 44.7 Å². The summed E-state index contributed by atoms with van der Waals surface area (Å²) in [4.78, 5) is 25.2. The van der Waals surface area contributed by atoms with E-state index in [0.717, 1.165) is 6.42 Å². The Morgan fingerprint density at radius 1 is 1.08 bits per heavy atom. The zero-order chi connectivity index (χ0) is 17.5. The largest absolute Gasteiger partial charge is 0.390 e. The third-order valence-electron chi connectivity index (χ3n) is 7.83. The number of rotatable bonds is 0. The maximum Gasteiger partial charge on any atom is 0.159 e. The maximum absolute atomic E-state index is 12.8. The van der Waals surface area contributed by atoms with Gasteiger partial charge in [-0.2, -0.15) is 0 Å². The first-order valence-electron chi connectivity index (χ1n) is 9.01. The van der Waals surface area contributed by atoms with Crippen LogP contribution in [0.15, 0.2) is 11.6 Å². The zero-order valence-electron chi connectivity index (χ0n) is 14.3. The van der Waals surface area contributed by atoms with Crippen LogP contribution in [0.4, 0.5) is 0 Å². The van der Waals surface area contributed by atoms with Crippen LogP contribution in [0.2, 0.25) is 0 Å². The highest BCUT2D eigenvalue weighted by Gasteiger charge is 2.66. The molecule has 0 spiro atoms. The smallest absolute Gasteiger partial charge is 0.159 e. The number of aliphatic hydroxyl groups excluding tert-OH is 2. The number of aliphatic hydroxyl groups is 3. The first-order chi connectivity index (χ1) is 11.1. The molecule has 0 saturated heterocycles. The lowest BCUT2D eigenvalue weighted by molar-refractivity contribution is -0.154. The Bertz CT molecular complexity index is 654. The highest BCUT2D eigenvalue weighted by Crippen LogP contribution is 2.64. The fourth-order valence-corrected chi connectivity index (χ4v) is 6.14. The molecule has 0 aliphatic heterocycles. The highest BCUT2D eigenvalue weighted by atomic mass is 16.3. The van der Waals surface area contributed by atoms with Crippen molar-refractivity contribution >= 4 is 11.6 Å². The molecule has 0 bridgehead atoms. The third kappa shape index (κ3) is 1.76. The lowest BCUT2D eigenvalue weighted by atomic mass is 9.47. The number of Topliss-reactive ketones (excluding diaryl/α,β-unsaturated/α-hetero) is 1. The summed E-state index contributed by atoms with van der Waals surface area (Å²) in [5, 5.41) is 31.6. The zero-order valence-corrected chi connectivity index (χ0v) is 14.3. The van der Waals surface area contributed by atoms with Gasteiger partial charge in [-0.1, -0.05) is 6.92 Å². The van der Waals surface area contributed by atoms with Crippen LogP contribution in [0.3, 0.4) is 0 Å². The van der Waals surface area contributed by atoms with Crippen LogP contribution in [0.5, 0.6) is 0 Å². The minimum Gasteiger partial charge on any atom is -0.390 e. The Morgan fingerprint density at radius 3 is 2.50 bits per heavy atom. The Balaban J connectivity index is 1.83. The Hall–Kier alpha value is -1.04. The van der Waals surface area contributed by atoms with Crippen molar-refractivity contribution < 1.29 is 24.9 Å². The molecule has 0 aromatic heterocycles. The number of hydrogen-bond donors (Lipinski definition) is 3. The van der Waals surface area contributed by atoms with Gasteiger partial charge in [0.05, 0.1) is 23.2 Å². The molecule has 0 amide bonds. The summed E-state index contributed by atoms with van der Waals surface area (Å²) in [6.45, 7) is 3.84. The van der Waals surface area contributed by atoms with Crippen molar-refractivity contribution in [2.45, 2.75) is 70.2 Å². The normalized spacial score (nSPS) is 54.0. The molecule has 5 nitrogen and oxygen atoms in total. The van der Waals surface area contributed by atoms with Crippen molar-refractivity contribution in [3.8, 4) is 0 Å². The highest BCUT2D eigenvalue weighted by molar-refractivity contribution is 5.96. The second-order valence-electron chi connectivity index (χ2n) is 8.84. The lowest BCUT2D eigenvalue weighted by Crippen LogP contribution is -2.60. The molecule has 4 aliphatic rings. The summed E-state index contributed by atoms with van der Waals surface area (Å²) >= 11 is 0. The Kier molecular flexibility index (Phi) is 3.27. The molecular weight excluding hydrogens is 308 g/mol. The first kappa shape index (κ1) is 16.4. The average molecular weight is 334 g/mol. The van der Waals surface area contributed by atoms with Crippen molar-refractivity contribution in [2.24, 2.45) is 22.7 Å². The number of carbonyl (C=O) groups is 2. The van der Waals surface area contributed by atoms with Crippen LogP contribution in [-0.2, 0) is 9.59 Å². The summed E-state index contributed by atoms with van der Waals surface area (Å²) < 4.78 is 0. The van der Waals surface area contributed by atoms with Gasteiger partial charge in [0.15, 0.2) is 5.78 Å². The monoisotopic (exact) mass is 334 g/mol. The minimum absolute atomic E-state index is 0.0219. The van der Waals surface area contributed by atoms with Gasteiger partial charge in [-0.05, 0) is 62.0 Å². The fraction of sp³-hybridized carbons (Fsp3) is 0.789. The molecule has 0 radical (unpaired) electrons. The van der Waals surface area contributed by atoms with E-state index < -0.39 is 28.6 Å². The number of ketones is 2. The van der Waals surface area contributed by atoms with Gasteiger partial charge in [-0.3, -0.25) is 9.59 Å². The van der Waals surface area contributed by atoms with Crippen molar-refractivity contribution in [3.05, 3.63) is 11.6 Å². The van der Waals surface area contributed by atoms with E-state index >= 15 is 0 Å². The number of hydrogen-bond acceptors (Lipinski definition) is 5. The molecular formula is C19H26O5. The Labute approximate surface area is 141 Å². The lowest BCUT2D eigenvalue weighted by Gasteiger charge is -2.58. The molecule has 24 heavy (non-hydrogen) atoms. The summed E-state index contributed by atoms with van der Waals surface area (Å²) in [6, 6.07) is 0. The summed E-state index contributed by atoms with van der Waals surface area (Å²) in [6.07, 6.45) is 2.56. The molecule has 0 aromatic carbocycles. The molecule has 3 fully saturated rings. The van der Waals surface area contributed by atoms with Gasteiger partial charge in [0.25, 0.3) is 0 Å². The first-order valence-corrected chi connectivity index (χ1v) is 9.01. The molecule has 3 N–H and O–H groups in total. The molecule has 4 aliphatic carbocycles. The standard InChI is InChI=1S/C19H26O5/c1-17-9-15(22)14(21)8-12(17)13(20)7-11-10(17)3-5-18(2)16(23)4-6-19(11,18)24/h7,10,12,14-15,21-22,24H,3-6,8-9H2,1-2H3/t10-,12?,14?,15?,17+,18+,19+/m0/s1. The summed E-state index contributed by atoms with van der Waals surface area (Å²) in [7, 11) is 0. The molecule has 3 unspecified atom stereocenters. The number of carbonyl (C=O) groups excluding carboxylic acids is 2. The van der Waals surface area contributed by atoms with Crippen molar-refractivity contribution in [3.63, 3.8) is 0 Å². The Morgan fingerprint density at radius 2 is 1.79 bits per heavy atom. The van der Waals surface area contributed by atoms with E-state index in [4.69, 9.17) is 0 Å². The van der Waals surface area contributed by atoms with E-state index in [-0.39, 0.29) is 29.8 Å². The number of fused-ring (bicyclic) bond motifs is 5. The van der Waals surface area contributed by atoms with Crippen molar-refractivity contribution in [2.75, 3.05) is 0 Å². The molecule has 5 heteroatoms. The van der Waals surface area contributed by atoms with Gasteiger partial charge in [0.2, 0.25) is 0 Å². The molecule has 0 aromatic rings. The van der Waals surface area contributed by atoms with E-state index in [1.807, 2.05) is 13.8 Å². The average Bonchev–Trinajstić information content (AvgIpc) is 2.75. The summed E-state index contributed by atoms with van der Waals surface area (Å²) in [5.41, 5.74) is -1.80. The predicted octanol–water partition coefficient (Wildman–Crippen LogP) is 1.14. The third-order valence-corrected chi connectivity index (χ3v) is 7.83. The molecule has 0 heterocycles. The van der Waals surface area contributed by atoms with Crippen LogP contribution >= 0.6 is 0 Å². The maximum atomic E-state index is 12.8. The van der Waals surface area contributed by atoms with Gasteiger partial charge in [-0.15, -0.1) is 0 Å². The van der Waals surface area contributed by atoms with Gasteiger partial charge < -0.3 is 15.3 Å². The van der Waals surface area contributed by atoms with E-state index in [0.29, 0.717) is 31.3 Å². The van der Waals surface area contributed by atoms with E-state index in [2.05, 4.69) is 0 Å². The molecule has 4 rings (SSSR count). The van der Waals surface area contributed by atoms with Gasteiger partial charge in [0.1, 0.15) is 5.78 Å². The van der Waals surface area contributed by atoms with E-state index in [1.54, 1.807) is 6.08 Å².